The van der Waals surface area contributed by atoms with Crippen LogP contribution in [0.25, 0.3) is 11.0 Å². The minimum atomic E-state index is 0.513. The molecule has 0 unspecified atom stereocenters. The number of rotatable bonds is 5. The lowest BCUT2D eigenvalue weighted by Crippen LogP contribution is -2.37. The van der Waals surface area contributed by atoms with Crippen LogP contribution in [0.2, 0.25) is 0 Å². The van der Waals surface area contributed by atoms with Gasteiger partial charge in [0.1, 0.15) is 0 Å². The molecule has 1 aromatic heterocycles. The van der Waals surface area contributed by atoms with Crippen LogP contribution in [0, 0.1) is 0 Å². The van der Waals surface area contributed by atoms with Gasteiger partial charge in [-0.25, -0.2) is 4.98 Å². The van der Waals surface area contributed by atoms with Crippen LogP contribution in [0.5, 0.6) is 0 Å². The zero-order chi connectivity index (χ0) is 14.7. The van der Waals surface area contributed by atoms with E-state index < -0.39 is 0 Å². The van der Waals surface area contributed by atoms with Crippen LogP contribution in [0.15, 0.2) is 24.3 Å². The van der Waals surface area contributed by atoms with Crippen LogP contribution < -0.4 is 5.32 Å². The molecule has 1 N–H and O–H groups in total. The molecule has 2 aromatic rings. The molecule has 0 aliphatic carbocycles. The number of fused-ring (bicyclic) bond motifs is 1. The third kappa shape index (κ3) is 3.19. The smallest absolute Gasteiger partial charge is 0.204 e. The van der Waals surface area contributed by atoms with E-state index in [-0.39, 0.29) is 0 Å². The van der Waals surface area contributed by atoms with Crippen molar-refractivity contribution in [1.82, 2.24) is 14.5 Å². The fourth-order valence-electron chi connectivity index (χ4n) is 2.93. The van der Waals surface area contributed by atoms with Gasteiger partial charge in [0.15, 0.2) is 0 Å². The summed E-state index contributed by atoms with van der Waals surface area (Å²) in [6.07, 6.45) is 2.34. The van der Waals surface area contributed by atoms with E-state index in [1.54, 1.807) is 7.11 Å². The minimum Gasteiger partial charge on any atom is -0.383 e. The second-order valence-electron chi connectivity index (χ2n) is 5.79. The fourth-order valence-corrected chi connectivity index (χ4v) is 2.93. The predicted octanol–water partition coefficient (Wildman–Crippen LogP) is 2.19. The number of ether oxygens (including phenoxy) is 1. The Morgan fingerprint density at radius 1 is 1.29 bits per heavy atom. The normalized spacial score (nSPS) is 17.4. The number of nitrogens with zero attached hydrogens (tertiary/aromatic N) is 3. The number of anilines is 1. The summed E-state index contributed by atoms with van der Waals surface area (Å²) in [6, 6.07) is 8.80. The van der Waals surface area contributed by atoms with Crippen molar-refractivity contribution in [2.45, 2.75) is 25.4 Å². The van der Waals surface area contributed by atoms with Gasteiger partial charge in [-0.05, 0) is 45.1 Å². The van der Waals surface area contributed by atoms with Crippen molar-refractivity contribution in [2.75, 3.05) is 39.2 Å². The maximum Gasteiger partial charge on any atom is 0.204 e. The van der Waals surface area contributed by atoms with Crippen molar-refractivity contribution in [3.05, 3.63) is 24.3 Å². The lowest BCUT2D eigenvalue weighted by atomic mass is 10.1. The highest BCUT2D eigenvalue weighted by Gasteiger charge is 2.19. The van der Waals surface area contributed by atoms with Gasteiger partial charge in [0.05, 0.1) is 17.6 Å². The molecule has 2 heterocycles. The number of likely N-dealkylation sites (tertiary alicyclic amines) is 1. The van der Waals surface area contributed by atoms with E-state index >= 15 is 0 Å². The van der Waals surface area contributed by atoms with E-state index in [2.05, 4.69) is 40.0 Å². The number of imidazole rings is 1. The van der Waals surface area contributed by atoms with E-state index in [9.17, 15) is 0 Å². The second-order valence-corrected chi connectivity index (χ2v) is 5.79. The second kappa shape index (κ2) is 6.45. The lowest BCUT2D eigenvalue weighted by molar-refractivity contribution is 0.188. The number of aromatic nitrogens is 2. The molecule has 1 aromatic carbocycles. The molecule has 0 saturated carbocycles. The molecular weight excluding hydrogens is 264 g/mol. The number of hydrogen-bond acceptors (Lipinski definition) is 4. The van der Waals surface area contributed by atoms with Crippen molar-refractivity contribution < 1.29 is 4.74 Å². The average Bonchev–Trinajstić information content (AvgIpc) is 2.85. The highest BCUT2D eigenvalue weighted by Crippen LogP contribution is 2.22. The fraction of sp³-hybridized carbons (Fsp3) is 0.562. The summed E-state index contributed by atoms with van der Waals surface area (Å²) in [5.74, 6) is 0.975. The van der Waals surface area contributed by atoms with Crippen molar-refractivity contribution in [3.63, 3.8) is 0 Å². The zero-order valence-electron chi connectivity index (χ0n) is 12.9. The maximum atomic E-state index is 5.24. The molecule has 0 radical (unpaired) electrons. The summed E-state index contributed by atoms with van der Waals surface area (Å²) in [5.41, 5.74) is 2.22. The molecule has 0 bridgehead atoms. The van der Waals surface area contributed by atoms with Gasteiger partial charge in [-0.1, -0.05) is 12.1 Å². The van der Waals surface area contributed by atoms with Crippen LogP contribution in [-0.2, 0) is 11.3 Å². The Morgan fingerprint density at radius 2 is 2.05 bits per heavy atom. The SMILES string of the molecule is COCCn1c(NC2CCN(C)CC2)nc2ccccc21. The third-order valence-electron chi connectivity index (χ3n) is 4.23. The van der Waals surface area contributed by atoms with Gasteiger partial charge in [-0.15, -0.1) is 0 Å². The molecule has 5 nitrogen and oxygen atoms in total. The minimum absolute atomic E-state index is 0.513. The summed E-state index contributed by atoms with van der Waals surface area (Å²) >= 11 is 0. The van der Waals surface area contributed by atoms with Gasteiger partial charge in [0.25, 0.3) is 0 Å². The van der Waals surface area contributed by atoms with Crippen LogP contribution in [0.4, 0.5) is 5.95 Å². The number of para-hydroxylation sites is 2. The van der Waals surface area contributed by atoms with Crippen molar-refractivity contribution in [3.8, 4) is 0 Å². The molecule has 0 spiro atoms. The van der Waals surface area contributed by atoms with Crippen LogP contribution in [0.1, 0.15) is 12.8 Å². The number of nitrogens with one attached hydrogen (secondary N) is 1. The summed E-state index contributed by atoms with van der Waals surface area (Å²) in [5, 5.41) is 3.64. The molecule has 0 atom stereocenters. The number of methoxy groups -OCH3 is 1. The van der Waals surface area contributed by atoms with Crippen LogP contribution in [-0.4, -0.2) is 54.3 Å². The van der Waals surface area contributed by atoms with Crippen molar-refractivity contribution >= 4 is 17.0 Å². The molecule has 5 heteroatoms. The van der Waals surface area contributed by atoms with Gasteiger partial charge in [-0.3, -0.25) is 0 Å². The van der Waals surface area contributed by atoms with Gasteiger partial charge in [0, 0.05) is 19.7 Å². The molecule has 1 aliphatic heterocycles. The Kier molecular flexibility index (Phi) is 4.41. The first-order valence-corrected chi connectivity index (χ1v) is 7.67. The van der Waals surface area contributed by atoms with Gasteiger partial charge < -0.3 is 19.5 Å². The van der Waals surface area contributed by atoms with E-state index in [1.807, 2.05) is 6.07 Å². The first-order chi connectivity index (χ1) is 10.3. The predicted molar refractivity (Wildman–Crippen MR) is 85.8 cm³/mol. The van der Waals surface area contributed by atoms with Crippen molar-refractivity contribution in [1.29, 1.82) is 0 Å². The van der Waals surface area contributed by atoms with E-state index in [0.29, 0.717) is 12.6 Å². The van der Waals surface area contributed by atoms with Crippen LogP contribution in [0.3, 0.4) is 0 Å². The number of hydrogen-bond donors (Lipinski definition) is 1. The summed E-state index contributed by atoms with van der Waals surface area (Å²) < 4.78 is 7.47. The molecule has 1 saturated heterocycles. The number of piperidine rings is 1. The zero-order valence-corrected chi connectivity index (χ0v) is 12.9. The lowest BCUT2D eigenvalue weighted by Gasteiger charge is -2.29. The Hall–Kier alpha value is -1.59. The summed E-state index contributed by atoms with van der Waals surface area (Å²) in [6.45, 7) is 3.82. The number of benzene rings is 1. The molecule has 21 heavy (non-hydrogen) atoms. The maximum absolute atomic E-state index is 5.24. The molecular formula is C16H24N4O. The van der Waals surface area contributed by atoms with Crippen LogP contribution >= 0.6 is 0 Å². The first kappa shape index (κ1) is 14.4. The topological polar surface area (TPSA) is 42.3 Å². The molecule has 114 valence electrons. The highest BCUT2D eigenvalue weighted by atomic mass is 16.5. The third-order valence-corrected chi connectivity index (χ3v) is 4.23. The standard InChI is InChI=1S/C16H24N4O/c1-19-9-7-13(8-10-19)17-16-18-14-5-3-4-6-15(14)20(16)11-12-21-2/h3-6,13H,7-12H2,1-2H3,(H,17,18). The van der Waals surface area contributed by atoms with E-state index in [0.717, 1.165) is 31.1 Å². The largest absolute Gasteiger partial charge is 0.383 e. The van der Waals surface area contributed by atoms with Gasteiger partial charge in [0.2, 0.25) is 5.95 Å². The molecule has 1 aliphatic rings. The molecule has 1 fully saturated rings. The summed E-state index contributed by atoms with van der Waals surface area (Å²) in [4.78, 5) is 7.14. The molecule has 3 rings (SSSR count). The van der Waals surface area contributed by atoms with Gasteiger partial charge >= 0.3 is 0 Å². The quantitative estimate of drug-likeness (QED) is 0.916. The molecule has 0 amide bonds. The summed E-state index contributed by atoms with van der Waals surface area (Å²) in [7, 11) is 3.92. The van der Waals surface area contributed by atoms with Gasteiger partial charge in [-0.2, -0.15) is 0 Å². The Balaban J connectivity index is 1.82. The van der Waals surface area contributed by atoms with E-state index in [4.69, 9.17) is 9.72 Å². The average molecular weight is 288 g/mol. The first-order valence-electron chi connectivity index (χ1n) is 7.67. The van der Waals surface area contributed by atoms with Crippen molar-refractivity contribution in [2.24, 2.45) is 0 Å². The Morgan fingerprint density at radius 3 is 2.81 bits per heavy atom. The Labute approximate surface area is 125 Å². The van der Waals surface area contributed by atoms with E-state index in [1.165, 1.54) is 18.4 Å². The monoisotopic (exact) mass is 288 g/mol. The Bertz CT molecular complexity index is 587. The highest BCUT2D eigenvalue weighted by molar-refractivity contribution is 5.78.